The van der Waals surface area contributed by atoms with Crippen LogP contribution in [0.1, 0.15) is 26.7 Å². The number of amides is 1. The third-order valence-corrected chi connectivity index (χ3v) is 5.04. The molecular weight excluding hydrogens is 362 g/mol. The number of ether oxygens (including phenoxy) is 1. The van der Waals surface area contributed by atoms with Crippen LogP contribution in [-0.2, 0) is 9.53 Å². The number of carbonyl (C=O) groups is 1. The van der Waals surface area contributed by atoms with Gasteiger partial charge in [-0.15, -0.1) is 0 Å². The molecule has 1 fully saturated rings. The quantitative estimate of drug-likeness (QED) is 0.744. The predicted molar refractivity (Wildman–Crippen MR) is 110 cm³/mol. The van der Waals surface area contributed by atoms with Gasteiger partial charge in [0.1, 0.15) is 5.82 Å². The van der Waals surface area contributed by atoms with Gasteiger partial charge in [0.25, 0.3) is 0 Å². The van der Waals surface area contributed by atoms with Gasteiger partial charge in [0, 0.05) is 43.1 Å². The van der Waals surface area contributed by atoms with Crippen molar-refractivity contribution in [3.8, 4) is 11.1 Å². The molecule has 1 aliphatic rings. The lowest BCUT2D eigenvalue weighted by Gasteiger charge is -2.22. The minimum atomic E-state index is -0.108. The maximum atomic E-state index is 11.9. The van der Waals surface area contributed by atoms with E-state index in [1.54, 1.807) is 6.20 Å². The highest BCUT2D eigenvalue weighted by atomic mass is 35.5. The molecule has 1 amide bonds. The molecule has 0 aliphatic carbocycles. The monoisotopic (exact) mass is 387 g/mol. The van der Waals surface area contributed by atoms with Crippen LogP contribution in [0.25, 0.3) is 11.1 Å². The Labute approximate surface area is 165 Å². The second-order valence-corrected chi connectivity index (χ2v) is 7.62. The first-order chi connectivity index (χ1) is 13.0. The van der Waals surface area contributed by atoms with E-state index in [-0.39, 0.29) is 11.8 Å². The summed E-state index contributed by atoms with van der Waals surface area (Å²) in [6, 6.07) is 9.97. The normalized spacial score (nSPS) is 15.0. The standard InChI is InChI=1S/C21H26ClN3O2/c1-14(2)21(26)25-20-11-18(19(22)13-24-20)16-4-3-5-17(10-16)23-12-15-6-8-27-9-7-15/h3-5,10-11,13-15,23H,6-9,12H2,1-2H3,(H,24,25,26). The number of hydrogen-bond acceptors (Lipinski definition) is 4. The fourth-order valence-corrected chi connectivity index (χ4v) is 3.22. The van der Waals surface area contributed by atoms with E-state index in [0.717, 1.165) is 49.4 Å². The average molecular weight is 388 g/mol. The van der Waals surface area contributed by atoms with Crippen LogP contribution >= 0.6 is 11.6 Å². The van der Waals surface area contributed by atoms with E-state index in [2.05, 4.69) is 27.8 Å². The summed E-state index contributed by atoms with van der Waals surface area (Å²) in [7, 11) is 0. The van der Waals surface area contributed by atoms with Crippen LogP contribution < -0.4 is 10.6 Å². The minimum Gasteiger partial charge on any atom is -0.385 e. The number of nitrogens with zero attached hydrogens (tertiary/aromatic N) is 1. The highest BCUT2D eigenvalue weighted by Crippen LogP contribution is 2.31. The number of benzene rings is 1. The third kappa shape index (κ3) is 5.44. The summed E-state index contributed by atoms with van der Waals surface area (Å²) in [5.41, 5.74) is 2.89. The maximum Gasteiger partial charge on any atom is 0.228 e. The molecule has 0 spiro atoms. The molecule has 27 heavy (non-hydrogen) atoms. The second kappa shape index (κ2) is 9.20. The van der Waals surface area contributed by atoms with Gasteiger partial charge in [-0.3, -0.25) is 4.79 Å². The van der Waals surface area contributed by atoms with Crippen LogP contribution in [0, 0.1) is 11.8 Å². The number of carbonyl (C=O) groups excluding carboxylic acids is 1. The molecular formula is C21H26ClN3O2. The smallest absolute Gasteiger partial charge is 0.228 e. The Morgan fingerprint density at radius 3 is 2.81 bits per heavy atom. The SMILES string of the molecule is CC(C)C(=O)Nc1cc(-c2cccc(NCC3CCOCC3)c2)c(Cl)cn1. The predicted octanol–water partition coefficient (Wildman–Crippen LogP) is 4.84. The van der Waals surface area contributed by atoms with Crippen molar-refractivity contribution in [2.45, 2.75) is 26.7 Å². The Balaban J connectivity index is 1.74. The average Bonchev–Trinajstić information content (AvgIpc) is 2.69. The van der Waals surface area contributed by atoms with Crippen molar-refractivity contribution < 1.29 is 9.53 Å². The Morgan fingerprint density at radius 1 is 1.30 bits per heavy atom. The van der Waals surface area contributed by atoms with Crippen LogP contribution in [0.5, 0.6) is 0 Å². The molecule has 1 aromatic carbocycles. The van der Waals surface area contributed by atoms with Crippen LogP contribution in [0.15, 0.2) is 36.5 Å². The number of pyridine rings is 1. The van der Waals surface area contributed by atoms with Crippen LogP contribution in [0.3, 0.4) is 0 Å². The molecule has 3 rings (SSSR count). The molecule has 2 heterocycles. The lowest BCUT2D eigenvalue weighted by molar-refractivity contribution is -0.118. The largest absolute Gasteiger partial charge is 0.385 e. The molecule has 1 saturated heterocycles. The van der Waals surface area contributed by atoms with Crippen LogP contribution in [0.2, 0.25) is 5.02 Å². The molecule has 1 aromatic heterocycles. The van der Waals surface area contributed by atoms with Gasteiger partial charge in [0.05, 0.1) is 5.02 Å². The van der Waals surface area contributed by atoms with Crippen LogP contribution in [0.4, 0.5) is 11.5 Å². The molecule has 0 atom stereocenters. The van der Waals surface area contributed by atoms with Crippen LogP contribution in [-0.4, -0.2) is 30.6 Å². The first kappa shape index (κ1) is 19.6. The van der Waals surface area contributed by atoms with E-state index in [1.165, 1.54) is 0 Å². The summed E-state index contributed by atoms with van der Waals surface area (Å²) in [4.78, 5) is 16.1. The van der Waals surface area contributed by atoms with E-state index in [4.69, 9.17) is 16.3 Å². The number of anilines is 2. The van der Waals surface area contributed by atoms with E-state index in [9.17, 15) is 4.79 Å². The Kier molecular flexibility index (Phi) is 6.69. The zero-order chi connectivity index (χ0) is 19.2. The van der Waals surface area contributed by atoms with Gasteiger partial charge in [0.15, 0.2) is 0 Å². The van der Waals surface area contributed by atoms with Gasteiger partial charge in [-0.2, -0.15) is 0 Å². The Morgan fingerprint density at radius 2 is 2.07 bits per heavy atom. The molecule has 0 bridgehead atoms. The molecule has 144 valence electrons. The fraction of sp³-hybridized carbons (Fsp3) is 0.429. The molecule has 0 radical (unpaired) electrons. The Bertz CT molecular complexity index is 789. The lowest BCUT2D eigenvalue weighted by Crippen LogP contribution is -2.22. The van der Waals surface area contributed by atoms with Crippen molar-refractivity contribution in [1.29, 1.82) is 0 Å². The van der Waals surface area contributed by atoms with Gasteiger partial charge in [-0.1, -0.05) is 37.6 Å². The number of nitrogens with one attached hydrogen (secondary N) is 2. The molecule has 2 N–H and O–H groups in total. The number of rotatable bonds is 6. The van der Waals surface area contributed by atoms with Gasteiger partial charge in [-0.25, -0.2) is 4.98 Å². The second-order valence-electron chi connectivity index (χ2n) is 7.21. The van der Waals surface area contributed by atoms with Gasteiger partial charge < -0.3 is 15.4 Å². The zero-order valence-corrected chi connectivity index (χ0v) is 16.6. The summed E-state index contributed by atoms with van der Waals surface area (Å²) in [5, 5.41) is 6.90. The number of hydrogen-bond donors (Lipinski definition) is 2. The molecule has 0 saturated carbocycles. The van der Waals surface area contributed by atoms with Crippen molar-refractivity contribution >= 4 is 29.0 Å². The highest BCUT2D eigenvalue weighted by molar-refractivity contribution is 6.33. The van der Waals surface area contributed by atoms with Gasteiger partial charge in [-0.05, 0) is 42.5 Å². The van der Waals surface area contributed by atoms with Gasteiger partial charge >= 0.3 is 0 Å². The van der Waals surface area contributed by atoms with E-state index >= 15 is 0 Å². The summed E-state index contributed by atoms with van der Waals surface area (Å²) >= 11 is 6.37. The van der Waals surface area contributed by atoms with E-state index in [0.29, 0.717) is 16.8 Å². The third-order valence-electron chi connectivity index (χ3n) is 4.74. The zero-order valence-electron chi connectivity index (χ0n) is 15.8. The number of aromatic nitrogens is 1. The van der Waals surface area contributed by atoms with E-state index < -0.39 is 0 Å². The summed E-state index contributed by atoms with van der Waals surface area (Å²) in [6.45, 7) is 6.33. The van der Waals surface area contributed by atoms with Crippen molar-refractivity contribution in [3.05, 3.63) is 41.6 Å². The molecule has 1 aliphatic heterocycles. The number of halogens is 1. The van der Waals surface area contributed by atoms with E-state index in [1.807, 2.05) is 32.0 Å². The molecule has 0 unspecified atom stereocenters. The topological polar surface area (TPSA) is 63.2 Å². The first-order valence-corrected chi connectivity index (χ1v) is 9.79. The summed E-state index contributed by atoms with van der Waals surface area (Å²) in [6.07, 6.45) is 3.78. The van der Waals surface area contributed by atoms with Crippen molar-refractivity contribution in [2.75, 3.05) is 30.4 Å². The minimum absolute atomic E-state index is 0.0670. The fourth-order valence-electron chi connectivity index (χ4n) is 3.01. The first-order valence-electron chi connectivity index (χ1n) is 9.41. The van der Waals surface area contributed by atoms with Crippen molar-refractivity contribution in [1.82, 2.24) is 4.98 Å². The summed E-state index contributed by atoms with van der Waals surface area (Å²) in [5.74, 6) is 0.977. The van der Waals surface area contributed by atoms with Crippen molar-refractivity contribution in [3.63, 3.8) is 0 Å². The lowest BCUT2D eigenvalue weighted by atomic mass is 10.00. The van der Waals surface area contributed by atoms with Gasteiger partial charge in [0.2, 0.25) is 5.91 Å². The van der Waals surface area contributed by atoms with Crippen molar-refractivity contribution in [2.24, 2.45) is 11.8 Å². The highest BCUT2D eigenvalue weighted by Gasteiger charge is 2.14. The Hall–Kier alpha value is -2.11. The molecule has 2 aromatic rings. The summed E-state index contributed by atoms with van der Waals surface area (Å²) < 4.78 is 5.42. The molecule has 5 nitrogen and oxygen atoms in total. The molecule has 6 heteroatoms. The maximum absolute atomic E-state index is 11.9.